The molecule has 1 fully saturated rings. The van der Waals surface area contributed by atoms with Crippen molar-refractivity contribution in [1.29, 1.82) is 0 Å². The molecule has 1 atom stereocenters. The number of benzene rings is 1. The van der Waals surface area contributed by atoms with Crippen LogP contribution in [0.3, 0.4) is 0 Å². The Kier molecular flexibility index (Phi) is 8.16. The SMILES string of the molecule is CC(C)CN1CCOC(CNC(=O)CN(C)Cc2ccccc2Cl)C1. The Morgan fingerprint density at radius 3 is 2.92 bits per heavy atom. The number of hydrogen-bond donors (Lipinski definition) is 1. The van der Waals surface area contributed by atoms with Crippen LogP contribution in [-0.4, -0.2) is 68.2 Å². The van der Waals surface area contributed by atoms with Gasteiger partial charge in [-0.2, -0.15) is 0 Å². The first-order valence-electron chi connectivity index (χ1n) is 8.96. The Balaban J connectivity index is 1.70. The summed E-state index contributed by atoms with van der Waals surface area (Å²) in [6.07, 6.45) is 0.0744. The smallest absolute Gasteiger partial charge is 0.234 e. The van der Waals surface area contributed by atoms with Crippen molar-refractivity contribution in [3.05, 3.63) is 34.9 Å². The zero-order chi connectivity index (χ0) is 18.2. The van der Waals surface area contributed by atoms with Crippen LogP contribution in [0.1, 0.15) is 19.4 Å². The van der Waals surface area contributed by atoms with E-state index >= 15 is 0 Å². The molecule has 6 heteroatoms. The summed E-state index contributed by atoms with van der Waals surface area (Å²) in [5.41, 5.74) is 1.03. The van der Waals surface area contributed by atoms with Crippen molar-refractivity contribution in [2.24, 2.45) is 5.92 Å². The highest BCUT2D eigenvalue weighted by Gasteiger charge is 2.21. The van der Waals surface area contributed by atoms with Gasteiger partial charge in [0.2, 0.25) is 5.91 Å². The van der Waals surface area contributed by atoms with E-state index in [1.807, 2.05) is 36.2 Å². The molecule has 0 radical (unpaired) electrons. The number of hydrogen-bond acceptors (Lipinski definition) is 4. The van der Waals surface area contributed by atoms with E-state index in [1.54, 1.807) is 0 Å². The molecule has 0 aliphatic carbocycles. The molecule has 2 rings (SSSR count). The average Bonchev–Trinajstić information content (AvgIpc) is 2.55. The predicted octanol–water partition coefficient (Wildman–Crippen LogP) is 2.24. The van der Waals surface area contributed by atoms with Crippen LogP contribution >= 0.6 is 11.6 Å². The normalized spacial score (nSPS) is 18.7. The molecule has 140 valence electrons. The van der Waals surface area contributed by atoms with E-state index in [9.17, 15) is 4.79 Å². The Morgan fingerprint density at radius 2 is 2.20 bits per heavy atom. The summed E-state index contributed by atoms with van der Waals surface area (Å²) >= 11 is 6.17. The van der Waals surface area contributed by atoms with E-state index in [0.29, 0.717) is 25.6 Å². The number of nitrogens with zero attached hydrogens (tertiary/aromatic N) is 2. The standard InChI is InChI=1S/C19H30ClN3O2/c1-15(2)11-23-8-9-25-17(13-23)10-21-19(24)14-22(3)12-16-6-4-5-7-18(16)20/h4-7,15,17H,8-14H2,1-3H3,(H,21,24). The second kappa shape index (κ2) is 10.1. The summed E-state index contributed by atoms with van der Waals surface area (Å²) < 4.78 is 5.77. The maximum Gasteiger partial charge on any atom is 0.234 e. The summed E-state index contributed by atoms with van der Waals surface area (Å²) in [5, 5.41) is 3.72. The molecule has 0 saturated carbocycles. The van der Waals surface area contributed by atoms with E-state index in [0.717, 1.165) is 36.8 Å². The second-order valence-electron chi connectivity index (χ2n) is 7.21. The fraction of sp³-hybridized carbons (Fsp3) is 0.632. The second-order valence-corrected chi connectivity index (χ2v) is 7.62. The number of morpholine rings is 1. The molecular weight excluding hydrogens is 338 g/mol. The largest absolute Gasteiger partial charge is 0.374 e. The summed E-state index contributed by atoms with van der Waals surface area (Å²) in [6.45, 7) is 9.67. The molecule has 0 aromatic heterocycles. The number of carbonyl (C=O) groups is 1. The molecule has 1 saturated heterocycles. The van der Waals surface area contributed by atoms with Crippen molar-refractivity contribution in [1.82, 2.24) is 15.1 Å². The van der Waals surface area contributed by atoms with Crippen molar-refractivity contribution in [3.8, 4) is 0 Å². The maximum atomic E-state index is 12.2. The van der Waals surface area contributed by atoms with Gasteiger partial charge < -0.3 is 10.1 Å². The molecule has 1 aliphatic heterocycles. The van der Waals surface area contributed by atoms with Crippen molar-refractivity contribution in [2.45, 2.75) is 26.5 Å². The van der Waals surface area contributed by atoms with Gasteiger partial charge in [-0.1, -0.05) is 43.6 Å². The molecule has 1 unspecified atom stereocenters. The summed E-state index contributed by atoms with van der Waals surface area (Å²) in [7, 11) is 1.92. The van der Waals surface area contributed by atoms with E-state index in [4.69, 9.17) is 16.3 Å². The summed E-state index contributed by atoms with van der Waals surface area (Å²) in [5.74, 6) is 0.658. The molecule has 1 aromatic carbocycles. The molecule has 1 N–H and O–H groups in total. The Hall–Kier alpha value is -1.14. The first kappa shape index (κ1) is 20.2. The number of nitrogens with one attached hydrogen (secondary N) is 1. The van der Waals surface area contributed by atoms with Gasteiger partial charge in [-0.15, -0.1) is 0 Å². The molecule has 0 spiro atoms. The first-order chi connectivity index (χ1) is 11.9. The van der Waals surface area contributed by atoms with Gasteiger partial charge in [-0.05, 0) is 24.6 Å². The Bertz CT molecular complexity index is 553. The maximum absolute atomic E-state index is 12.2. The van der Waals surface area contributed by atoms with Crippen molar-refractivity contribution >= 4 is 17.5 Å². The van der Waals surface area contributed by atoms with Crippen LogP contribution in [0.5, 0.6) is 0 Å². The highest BCUT2D eigenvalue weighted by atomic mass is 35.5. The zero-order valence-corrected chi connectivity index (χ0v) is 16.3. The first-order valence-corrected chi connectivity index (χ1v) is 9.34. The zero-order valence-electron chi connectivity index (χ0n) is 15.5. The average molecular weight is 368 g/mol. The summed E-state index contributed by atoms with van der Waals surface area (Å²) in [6, 6.07) is 7.72. The number of carbonyl (C=O) groups excluding carboxylic acids is 1. The van der Waals surface area contributed by atoms with Gasteiger partial charge in [-0.3, -0.25) is 14.6 Å². The van der Waals surface area contributed by atoms with Gasteiger partial charge in [0.1, 0.15) is 0 Å². The van der Waals surface area contributed by atoms with Gasteiger partial charge in [-0.25, -0.2) is 0 Å². The molecule has 1 aliphatic rings. The molecule has 5 nitrogen and oxygen atoms in total. The third-order valence-corrected chi connectivity index (χ3v) is 4.55. The molecule has 25 heavy (non-hydrogen) atoms. The van der Waals surface area contributed by atoms with Crippen molar-refractivity contribution in [2.75, 3.05) is 46.4 Å². The van der Waals surface area contributed by atoms with Crippen molar-refractivity contribution in [3.63, 3.8) is 0 Å². The molecule has 1 aromatic rings. The van der Waals surface area contributed by atoms with E-state index < -0.39 is 0 Å². The Morgan fingerprint density at radius 1 is 1.44 bits per heavy atom. The predicted molar refractivity (Wildman–Crippen MR) is 102 cm³/mol. The van der Waals surface area contributed by atoms with Crippen LogP contribution in [0.25, 0.3) is 0 Å². The van der Waals surface area contributed by atoms with Crippen LogP contribution in [0.2, 0.25) is 5.02 Å². The monoisotopic (exact) mass is 367 g/mol. The lowest BCUT2D eigenvalue weighted by Gasteiger charge is -2.34. The van der Waals surface area contributed by atoms with Gasteiger partial charge in [0.25, 0.3) is 0 Å². The minimum atomic E-state index is 0.0131. The van der Waals surface area contributed by atoms with Gasteiger partial charge in [0.05, 0.1) is 19.3 Å². The van der Waals surface area contributed by atoms with Gasteiger partial charge >= 0.3 is 0 Å². The number of ether oxygens (including phenoxy) is 1. The minimum Gasteiger partial charge on any atom is -0.374 e. The number of rotatable bonds is 8. The molecular formula is C19H30ClN3O2. The van der Waals surface area contributed by atoms with E-state index in [2.05, 4.69) is 24.1 Å². The van der Waals surface area contributed by atoms with Crippen LogP contribution < -0.4 is 5.32 Å². The van der Waals surface area contributed by atoms with Crippen LogP contribution in [0.4, 0.5) is 0 Å². The van der Waals surface area contributed by atoms with Gasteiger partial charge in [0, 0.05) is 37.7 Å². The fourth-order valence-corrected chi connectivity index (χ4v) is 3.28. The summed E-state index contributed by atoms with van der Waals surface area (Å²) in [4.78, 5) is 16.5. The lowest BCUT2D eigenvalue weighted by molar-refractivity contribution is -0.123. The van der Waals surface area contributed by atoms with Crippen LogP contribution in [0.15, 0.2) is 24.3 Å². The number of likely N-dealkylation sites (N-methyl/N-ethyl adjacent to an activating group) is 1. The highest BCUT2D eigenvalue weighted by molar-refractivity contribution is 6.31. The lowest BCUT2D eigenvalue weighted by Crippen LogP contribution is -2.49. The quantitative estimate of drug-likeness (QED) is 0.765. The third kappa shape index (κ3) is 7.32. The third-order valence-electron chi connectivity index (χ3n) is 4.18. The van der Waals surface area contributed by atoms with Gasteiger partial charge in [0.15, 0.2) is 0 Å². The number of halogens is 1. The molecule has 1 heterocycles. The molecule has 0 bridgehead atoms. The van der Waals surface area contributed by atoms with E-state index in [1.165, 1.54) is 0 Å². The van der Waals surface area contributed by atoms with Crippen LogP contribution in [0, 0.1) is 5.92 Å². The topological polar surface area (TPSA) is 44.8 Å². The van der Waals surface area contributed by atoms with E-state index in [-0.39, 0.29) is 12.0 Å². The fourth-order valence-electron chi connectivity index (χ4n) is 3.09. The minimum absolute atomic E-state index is 0.0131. The van der Waals surface area contributed by atoms with Crippen molar-refractivity contribution < 1.29 is 9.53 Å². The number of amides is 1. The molecule has 1 amide bonds. The van der Waals surface area contributed by atoms with Crippen LogP contribution in [-0.2, 0) is 16.1 Å². The Labute approximate surface area is 156 Å². The lowest BCUT2D eigenvalue weighted by atomic mass is 10.2. The highest BCUT2D eigenvalue weighted by Crippen LogP contribution is 2.16.